The molecule has 0 saturated carbocycles. The van der Waals surface area contributed by atoms with Gasteiger partial charge in [-0.1, -0.05) is 26.8 Å². The van der Waals surface area contributed by atoms with Gasteiger partial charge in [0.05, 0.1) is 10.7 Å². The van der Waals surface area contributed by atoms with Crippen LogP contribution < -0.4 is 10.6 Å². The number of rotatable bonds is 7. The van der Waals surface area contributed by atoms with Crippen LogP contribution in [0.2, 0.25) is 0 Å². The highest BCUT2D eigenvalue weighted by atomic mass is 32.1. The zero-order chi connectivity index (χ0) is 17.6. The number of thiazole rings is 1. The van der Waals surface area contributed by atoms with Crippen molar-refractivity contribution < 1.29 is 0 Å². The van der Waals surface area contributed by atoms with Crippen molar-refractivity contribution in [2.24, 2.45) is 4.99 Å². The van der Waals surface area contributed by atoms with Gasteiger partial charge < -0.3 is 10.6 Å². The molecule has 2 rings (SSSR count). The molecule has 132 valence electrons. The van der Waals surface area contributed by atoms with Crippen molar-refractivity contribution in [1.82, 2.24) is 15.6 Å². The second-order valence-corrected chi connectivity index (χ2v) is 8.66. The second kappa shape index (κ2) is 8.62. The van der Waals surface area contributed by atoms with Crippen LogP contribution in [0.4, 0.5) is 0 Å². The fourth-order valence-electron chi connectivity index (χ4n) is 2.49. The maximum absolute atomic E-state index is 4.69. The SMILES string of the molecule is CCc1nc(CCNC(=NC)NCC(C)(C)c2cccs2)sc1C. The van der Waals surface area contributed by atoms with Gasteiger partial charge >= 0.3 is 0 Å². The fourth-order valence-corrected chi connectivity index (χ4v) is 4.36. The summed E-state index contributed by atoms with van der Waals surface area (Å²) < 4.78 is 0. The molecule has 0 radical (unpaired) electrons. The van der Waals surface area contributed by atoms with Crippen molar-refractivity contribution in [3.8, 4) is 0 Å². The van der Waals surface area contributed by atoms with Crippen molar-refractivity contribution in [1.29, 1.82) is 0 Å². The summed E-state index contributed by atoms with van der Waals surface area (Å²) in [6.07, 6.45) is 1.94. The lowest BCUT2D eigenvalue weighted by atomic mass is 9.91. The molecule has 0 unspecified atom stereocenters. The molecule has 0 aliphatic carbocycles. The van der Waals surface area contributed by atoms with Crippen molar-refractivity contribution in [2.75, 3.05) is 20.1 Å². The molecule has 0 spiro atoms. The van der Waals surface area contributed by atoms with Crippen molar-refractivity contribution >= 4 is 28.6 Å². The summed E-state index contributed by atoms with van der Waals surface area (Å²) in [5, 5.41) is 10.2. The van der Waals surface area contributed by atoms with Gasteiger partial charge in [0, 0.05) is 41.7 Å². The maximum Gasteiger partial charge on any atom is 0.191 e. The summed E-state index contributed by atoms with van der Waals surface area (Å²) in [5.74, 6) is 0.851. The summed E-state index contributed by atoms with van der Waals surface area (Å²) in [5.41, 5.74) is 1.32. The Labute approximate surface area is 153 Å². The molecule has 0 bridgehead atoms. The molecular weight excluding hydrogens is 336 g/mol. The first kappa shape index (κ1) is 18.9. The molecule has 0 amide bonds. The molecule has 2 N–H and O–H groups in total. The van der Waals surface area contributed by atoms with Gasteiger partial charge in [-0.05, 0) is 24.8 Å². The molecule has 6 heteroatoms. The standard InChI is InChI=1S/C18H28N4S2/c1-6-14-13(2)24-16(22-14)9-10-20-17(19-5)21-12-18(3,4)15-8-7-11-23-15/h7-8,11H,6,9-10,12H2,1-5H3,(H2,19,20,21). The highest BCUT2D eigenvalue weighted by molar-refractivity contribution is 7.11. The van der Waals surface area contributed by atoms with Crippen molar-refractivity contribution in [3.63, 3.8) is 0 Å². The Balaban J connectivity index is 1.80. The van der Waals surface area contributed by atoms with Crippen LogP contribution in [0.3, 0.4) is 0 Å². The first-order valence-electron chi connectivity index (χ1n) is 8.40. The highest BCUT2D eigenvalue weighted by Gasteiger charge is 2.21. The number of aliphatic imine (C=N–C) groups is 1. The lowest BCUT2D eigenvalue weighted by Crippen LogP contribution is -2.43. The zero-order valence-corrected chi connectivity index (χ0v) is 16.9. The molecule has 0 saturated heterocycles. The number of nitrogens with zero attached hydrogens (tertiary/aromatic N) is 2. The summed E-state index contributed by atoms with van der Waals surface area (Å²) in [6, 6.07) is 4.30. The summed E-state index contributed by atoms with van der Waals surface area (Å²) in [4.78, 5) is 11.7. The number of hydrogen-bond donors (Lipinski definition) is 2. The third kappa shape index (κ3) is 5.05. The van der Waals surface area contributed by atoms with E-state index in [2.05, 4.69) is 65.8 Å². The first-order valence-corrected chi connectivity index (χ1v) is 10.1. The number of aryl methyl sites for hydroxylation is 2. The van der Waals surface area contributed by atoms with E-state index in [9.17, 15) is 0 Å². The van der Waals surface area contributed by atoms with Crippen LogP contribution in [0.1, 0.15) is 41.2 Å². The van der Waals surface area contributed by atoms with Gasteiger partial charge in [0.25, 0.3) is 0 Å². The van der Waals surface area contributed by atoms with Crippen molar-refractivity contribution in [2.45, 2.75) is 46.0 Å². The predicted molar refractivity (Wildman–Crippen MR) is 107 cm³/mol. The summed E-state index contributed by atoms with van der Waals surface area (Å²) in [7, 11) is 1.82. The largest absolute Gasteiger partial charge is 0.356 e. The topological polar surface area (TPSA) is 49.3 Å². The Morgan fingerprint density at radius 3 is 2.71 bits per heavy atom. The Hall–Kier alpha value is -1.40. The van der Waals surface area contributed by atoms with Crippen LogP contribution in [-0.4, -0.2) is 31.1 Å². The average Bonchev–Trinajstić information content (AvgIpc) is 3.20. The Kier molecular flexibility index (Phi) is 6.80. The van der Waals surface area contributed by atoms with Crippen LogP contribution in [0.15, 0.2) is 22.5 Å². The third-order valence-corrected chi connectivity index (χ3v) is 6.32. The monoisotopic (exact) mass is 364 g/mol. The molecular formula is C18H28N4S2. The van der Waals surface area contributed by atoms with E-state index in [-0.39, 0.29) is 5.41 Å². The molecule has 2 aromatic heterocycles. The molecule has 0 aliphatic rings. The number of guanidine groups is 1. The Morgan fingerprint density at radius 2 is 2.12 bits per heavy atom. The Morgan fingerprint density at radius 1 is 1.33 bits per heavy atom. The van der Waals surface area contributed by atoms with E-state index in [0.717, 1.165) is 31.9 Å². The molecule has 24 heavy (non-hydrogen) atoms. The average molecular weight is 365 g/mol. The fraction of sp³-hybridized carbons (Fsp3) is 0.556. The minimum absolute atomic E-state index is 0.0915. The molecule has 0 atom stereocenters. The number of nitrogens with one attached hydrogen (secondary N) is 2. The molecule has 0 aromatic carbocycles. The van der Waals surface area contributed by atoms with E-state index in [1.807, 2.05) is 7.05 Å². The lowest BCUT2D eigenvalue weighted by molar-refractivity contribution is 0.518. The van der Waals surface area contributed by atoms with Gasteiger partial charge in [-0.2, -0.15) is 0 Å². The first-order chi connectivity index (χ1) is 11.5. The highest BCUT2D eigenvalue weighted by Crippen LogP contribution is 2.26. The number of aromatic nitrogens is 1. The van der Waals surface area contributed by atoms with Crippen LogP contribution >= 0.6 is 22.7 Å². The van der Waals surface area contributed by atoms with E-state index in [1.165, 1.54) is 20.5 Å². The van der Waals surface area contributed by atoms with Crippen LogP contribution in [0, 0.1) is 6.92 Å². The molecule has 2 heterocycles. The van der Waals surface area contributed by atoms with Gasteiger partial charge in [0.2, 0.25) is 0 Å². The van der Waals surface area contributed by atoms with E-state index in [4.69, 9.17) is 0 Å². The van der Waals surface area contributed by atoms with Gasteiger partial charge in [-0.15, -0.1) is 22.7 Å². The molecule has 4 nitrogen and oxygen atoms in total. The van der Waals surface area contributed by atoms with Crippen LogP contribution in [0.25, 0.3) is 0 Å². The van der Waals surface area contributed by atoms with Gasteiger partial charge in [-0.25, -0.2) is 4.98 Å². The number of hydrogen-bond acceptors (Lipinski definition) is 4. The van der Waals surface area contributed by atoms with Crippen LogP contribution in [-0.2, 0) is 18.3 Å². The Bertz CT molecular complexity index is 657. The van der Waals surface area contributed by atoms with Crippen LogP contribution in [0.5, 0.6) is 0 Å². The summed E-state index contributed by atoms with van der Waals surface area (Å²) in [6.45, 7) is 10.5. The van der Waals surface area contributed by atoms with E-state index < -0.39 is 0 Å². The molecule has 0 fully saturated rings. The minimum Gasteiger partial charge on any atom is -0.356 e. The van der Waals surface area contributed by atoms with Crippen molar-refractivity contribution in [3.05, 3.63) is 38.0 Å². The van der Waals surface area contributed by atoms with Gasteiger partial charge in [0.15, 0.2) is 5.96 Å². The minimum atomic E-state index is 0.0915. The normalized spacial score (nSPS) is 12.5. The molecule has 2 aromatic rings. The van der Waals surface area contributed by atoms with E-state index in [0.29, 0.717) is 0 Å². The smallest absolute Gasteiger partial charge is 0.191 e. The van der Waals surface area contributed by atoms with E-state index >= 15 is 0 Å². The van der Waals surface area contributed by atoms with E-state index in [1.54, 1.807) is 22.7 Å². The zero-order valence-electron chi connectivity index (χ0n) is 15.3. The second-order valence-electron chi connectivity index (χ2n) is 6.43. The molecule has 0 aliphatic heterocycles. The predicted octanol–water partition coefficient (Wildman–Crippen LogP) is 3.76. The summed E-state index contributed by atoms with van der Waals surface area (Å²) >= 11 is 3.61. The van der Waals surface area contributed by atoms with Gasteiger partial charge in [0.1, 0.15) is 0 Å². The lowest BCUT2D eigenvalue weighted by Gasteiger charge is -2.25. The number of thiophene rings is 1. The van der Waals surface area contributed by atoms with Gasteiger partial charge in [-0.3, -0.25) is 4.99 Å². The quantitative estimate of drug-likeness (QED) is 0.581. The maximum atomic E-state index is 4.69. The third-order valence-electron chi connectivity index (χ3n) is 4.01.